The predicted octanol–water partition coefficient (Wildman–Crippen LogP) is 2.99. The van der Waals surface area contributed by atoms with Crippen molar-refractivity contribution in [2.45, 2.75) is 6.54 Å². The van der Waals surface area contributed by atoms with E-state index in [9.17, 15) is 0 Å². The van der Waals surface area contributed by atoms with Crippen molar-refractivity contribution in [3.63, 3.8) is 0 Å². The number of nitrogens with zero attached hydrogens (tertiary/aromatic N) is 3. The Balaban J connectivity index is 2.05. The molecule has 0 amide bonds. The van der Waals surface area contributed by atoms with Crippen molar-refractivity contribution in [3.05, 3.63) is 29.0 Å². The summed E-state index contributed by atoms with van der Waals surface area (Å²) in [7, 11) is 0. The van der Waals surface area contributed by atoms with Crippen LogP contribution in [-0.4, -0.2) is 27.3 Å². The Bertz CT molecular complexity index is 368. The number of hydrogen-bond acceptors (Lipinski definition) is 3. The molecule has 1 aromatic heterocycles. The van der Waals surface area contributed by atoms with Crippen LogP contribution in [-0.2, 0) is 6.54 Å². The average Bonchev–Trinajstić information content (AvgIpc) is 2.69. The summed E-state index contributed by atoms with van der Waals surface area (Å²) in [4.78, 5) is 6.31. The molecular weight excluding hydrogens is 345 g/mol. The van der Waals surface area contributed by atoms with E-state index in [1.165, 1.54) is 5.56 Å². The summed E-state index contributed by atoms with van der Waals surface area (Å²) in [5.41, 5.74) is 1.17. The van der Waals surface area contributed by atoms with Crippen molar-refractivity contribution in [3.8, 4) is 0 Å². The fourth-order valence-electron chi connectivity index (χ4n) is 1.38. The van der Waals surface area contributed by atoms with Crippen LogP contribution in [0.2, 0.25) is 5.15 Å². The highest BCUT2D eigenvalue weighted by molar-refractivity contribution is 14.1. The zero-order valence-electron chi connectivity index (χ0n) is 7.86. The van der Waals surface area contributed by atoms with Gasteiger partial charge in [0.25, 0.3) is 0 Å². The minimum absolute atomic E-state index is 0.539. The first-order valence-electron chi connectivity index (χ1n) is 4.47. The first kappa shape index (κ1) is 11.5. The summed E-state index contributed by atoms with van der Waals surface area (Å²) >= 11 is 9.57. The lowest BCUT2D eigenvalue weighted by molar-refractivity contribution is 0.457. The second kappa shape index (κ2) is 5.36. The number of thioether (sulfide) groups is 1. The molecule has 0 aliphatic carbocycles. The quantitative estimate of drug-likeness (QED) is 0.604. The Morgan fingerprint density at radius 3 is 3.13 bits per heavy atom. The Morgan fingerprint density at radius 1 is 1.60 bits per heavy atom. The number of amidine groups is 1. The molecular formula is C9H9ClIN3S. The van der Waals surface area contributed by atoms with E-state index in [2.05, 4.69) is 13.1 Å². The Labute approximate surface area is 112 Å². The highest BCUT2D eigenvalue weighted by Gasteiger charge is 2.18. The topological polar surface area (TPSA) is 28.5 Å². The molecule has 0 atom stereocenters. The van der Waals surface area contributed by atoms with Crippen LogP contribution in [0, 0.1) is 0 Å². The standard InChI is InChI=1S/C9H9ClIN3S/c10-8-2-1-7(5-12-8)6-14-3-4-15-9(14)13-11/h1-2,5H,3-4,6H2/b13-9-. The number of rotatable bonds is 2. The summed E-state index contributed by atoms with van der Waals surface area (Å²) in [6.45, 7) is 1.91. The lowest BCUT2D eigenvalue weighted by Gasteiger charge is -2.16. The second-order valence-corrected chi connectivity index (χ2v) is 5.06. The monoisotopic (exact) mass is 353 g/mol. The molecule has 0 N–H and O–H groups in total. The van der Waals surface area contributed by atoms with E-state index < -0.39 is 0 Å². The summed E-state index contributed by atoms with van der Waals surface area (Å²) in [6.07, 6.45) is 1.82. The molecule has 0 radical (unpaired) electrons. The number of hydrogen-bond donors (Lipinski definition) is 0. The van der Waals surface area contributed by atoms with E-state index in [4.69, 9.17) is 11.6 Å². The lowest BCUT2D eigenvalue weighted by Crippen LogP contribution is -2.23. The van der Waals surface area contributed by atoms with Crippen LogP contribution in [0.4, 0.5) is 0 Å². The van der Waals surface area contributed by atoms with Gasteiger partial charge in [-0.3, -0.25) is 0 Å². The van der Waals surface area contributed by atoms with Gasteiger partial charge in [0.1, 0.15) is 5.15 Å². The Hall–Kier alpha value is -0.0100. The van der Waals surface area contributed by atoms with Crippen LogP contribution < -0.4 is 0 Å². The predicted molar refractivity (Wildman–Crippen MR) is 73.6 cm³/mol. The van der Waals surface area contributed by atoms with Gasteiger partial charge in [0.2, 0.25) is 0 Å². The van der Waals surface area contributed by atoms with Crippen LogP contribution in [0.3, 0.4) is 0 Å². The first-order valence-corrected chi connectivity index (χ1v) is 6.79. The van der Waals surface area contributed by atoms with Gasteiger partial charge in [-0.15, -0.1) is 0 Å². The normalized spacial score (nSPS) is 18.8. The molecule has 1 fully saturated rings. The van der Waals surface area contributed by atoms with Gasteiger partial charge in [0, 0.05) is 25.0 Å². The third-order valence-corrected chi connectivity index (χ3v) is 4.10. The fourth-order valence-corrected chi connectivity index (χ4v) is 3.10. The van der Waals surface area contributed by atoms with Crippen LogP contribution in [0.5, 0.6) is 0 Å². The zero-order valence-corrected chi connectivity index (χ0v) is 11.6. The molecule has 0 spiro atoms. The maximum Gasteiger partial charge on any atom is 0.170 e. The smallest absolute Gasteiger partial charge is 0.170 e. The fraction of sp³-hybridized carbons (Fsp3) is 0.333. The van der Waals surface area contributed by atoms with E-state index in [0.717, 1.165) is 24.0 Å². The maximum atomic E-state index is 5.73. The SMILES string of the molecule is Clc1ccc(CN2CCS/C2=N\I)cn1. The van der Waals surface area contributed by atoms with Gasteiger partial charge in [-0.1, -0.05) is 29.4 Å². The Kier molecular flexibility index (Phi) is 4.10. The third kappa shape index (κ3) is 2.98. The molecule has 2 rings (SSSR count). The molecule has 1 saturated heterocycles. The van der Waals surface area contributed by atoms with Crippen molar-refractivity contribution in [2.75, 3.05) is 12.3 Å². The highest BCUT2D eigenvalue weighted by atomic mass is 127. The summed E-state index contributed by atoms with van der Waals surface area (Å²) < 4.78 is 4.21. The largest absolute Gasteiger partial charge is 0.346 e. The first-order chi connectivity index (χ1) is 7.29. The second-order valence-electron chi connectivity index (χ2n) is 3.13. The van der Waals surface area contributed by atoms with E-state index >= 15 is 0 Å². The molecule has 1 aliphatic rings. The minimum Gasteiger partial charge on any atom is -0.346 e. The van der Waals surface area contributed by atoms with Crippen molar-refractivity contribution < 1.29 is 0 Å². The molecule has 2 heterocycles. The van der Waals surface area contributed by atoms with Crippen LogP contribution in [0.15, 0.2) is 21.5 Å². The van der Waals surface area contributed by atoms with Crippen molar-refractivity contribution in [1.82, 2.24) is 9.88 Å². The molecule has 0 saturated carbocycles. The molecule has 3 nitrogen and oxygen atoms in total. The van der Waals surface area contributed by atoms with E-state index in [1.807, 2.05) is 41.2 Å². The molecule has 0 bridgehead atoms. The van der Waals surface area contributed by atoms with Crippen molar-refractivity contribution in [2.24, 2.45) is 3.21 Å². The summed E-state index contributed by atoms with van der Waals surface area (Å²) in [5.74, 6) is 1.11. The van der Waals surface area contributed by atoms with Gasteiger partial charge in [-0.25, -0.2) is 4.98 Å². The molecule has 0 unspecified atom stereocenters. The number of halogens is 2. The number of pyridine rings is 1. The van der Waals surface area contributed by atoms with Gasteiger partial charge in [0.05, 0.1) is 22.9 Å². The van der Waals surface area contributed by atoms with Crippen LogP contribution in [0.25, 0.3) is 0 Å². The van der Waals surface area contributed by atoms with Gasteiger partial charge < -0.3 is 4.90 Å². The minimum atomic E-state index is 0.539. The molecule has 80 valence electrons. The molecule has 15 heavy (non-hydrogen) atoms. The summed E-state index contributed by atoms with van der Waals surface area (Å²) in [6, 6.07) is 3.82. The third-order valence-electron chi connectivity index (χ3n) is 2.10. The van der Waals surface area contributed by atoms with Crippen LogP contribution in [0.1, 0.15) is 5.56 Å². The molecule has 6 heteroatoms. The molecule has 1 aliphatic heterocycles. The zero-order chi connectivity index (χ0) is 10.7. The van der Waals surface area contributed by atoms with E-state index in [-0.39, 0.29) is 0 Å². The number of aromatic nitrogens is 1. The van der Waals surface area contributed by atoms with Gasteiger partial charge >= 0.3 is 0 Å². The van der Waals surface area contributed by atoms with Crippen LogP contribution >= 0.6 is 46.2 Å². The maximum absolute atomic E-state index is 5.73. The Morgan fingerprint density at radius 2 is 2.47 bits per heavy atom. The lowest BCUT2D eigenvalue weighted by atomic mass is 10.3. The molecule has 1 aromatic rings. The van der Waals surface area contributed by atoms with Gasteiger partial charge in [-0.05, 0) is 11.6 Å². The van der Waals surface area contributed by atoms with E-state index in [0.29, 0.717) is 5.15 Å². The van der Waals surface area contributed by atoms with Gasteiger partial charge in [-0.2, -0.15) is 3.21 Å². The molecule has 0 aromatic carbocycles. The van der Waals surface area contributed by atoms with Crippen molar-refractivity contribution >= 4 is 51.4 Å². The van der Waals surface area contributed by atoms with Gasteiger partial charge in [0.15, 0.2) is 5.17 Å². The summed E-state index contributed by atoms with van der Waals surface area (Å²) in [5, 5.41) is 1.64. The average molecular weight is 354 g/mol. The van der Waals surface area contributed by atoms with E-state index in [1.54, 1.807) is 11.8 Å². The highest BCUT2D eigenvalue weighted by Crippen LogP contribution is 2.21. The van der Waals surface area contributed by atoms with Crippen molar-refractivity contribution in [1.29, 1.82) is 0 Å².